The predicted molar refractivity (Wildman–Crippen MR) is 84.9 cm³/mol. The summed E-state index contributed by atoms with van der Waals surface area (Å²) < 4.78 is 22.6. The third-order valence-corrected chi connectivity index (χ3v) is 5.26. The van der Waals surface area contributed by atoms with Gasteiger partial charge in [-0.05, 0) is 37.6 Å². The number of amides is 2. The van der Waals surface area contributed by atoms with E-state index in [1.165, 1.54) is 6.92 Å². The van der Waals surface area contributed by atoms with Gasteiger partial charge in [-0.2, -0.15) is 0 Å². The van der Waals surface area contributed by atoms with E-state index in [0.29, 0.717) is 17.7 Å². The molecule has 1 aliphatic rings. The van der Waals surface area contributed by atoms with Crippen LogP contribution in [0, 0.1) is 0 Å². The Kier molecular flexibility index (Phi) is 5.15. The minimum absolute atomic E-state index is 0.0621. The van der Waals surface area contributed by atoms with Crippen molar-refractivity contribution in [2.45, 2.75) is 25.8 Å². The van der Waals surface area contributed by atoms with Gasteiger partial charge >= 0.3 is 0 Å². The molecule has 8 heteroatoms. The van der Waals surface area contributed by atoms with E-state index < -0.39 is 27.7 Å². The molecule has 1 aromatic rings. The predicted octanol–water partition coefficient (Wildman–Crippen LogP) is 0.521. The fourth-order valence-electron chi connectivity index (χ4n) is 2.33. The van der Waals surface area contributed by atoms with E-state index in [9.17, 15) is 22.8 Å². The van der Waals surface area contributed by atoms with Gasteiger partial charge < -0.3 is 10.6 Å². The van der Waals surface area contributed by atoms with Crippen LogP contribution in [0.15, 0.2) is 24.3 Å². The molecule has 0 aliphatic carbocycles. The van der Waals surface area contributed by atoms with Crippen LogP contribution >= 0.6 is 0 Å². The first-order chi connectivity index (χ1) is 10.7. The Bertz CT molecular complexity index is 725. The Morgan fingerprint density at radius 3 is 2.30 bits per heavy atom. The number of ketones is 1. The summed E-state index contributed by atoms with van der Waals surface area (Å²) in [4.78, 5) is 34.7. The normalized spacial score (nSPS) is 19.1. The second-order valence-electron chi connectivity index (χ2n) is 5.53. The Hall–Kier alpha value is -2.22. The molecule has 23 heavy (non-hydrogen) atoms. The molecule has 7 nitrogen and oxygen atoms in total. The van der Waals surface area contributed by atoms with Gasteiger partial charge in [-0.1, -0.05) is 0 Å². The molecule has 1 aromatic carbocycles. The lowest BCUT2D eigenvalue weighted by Gasteiger charge is -2.11. The molecule has 2 N–H and O–H groups in total. The van der Waals surface area contributed by atoms with Crippen LogP contribution < -0.4 is 10.6 Å². The lowest BCUT2D eigenvalue weighted by molar-refractivity contribution is -0.127. The van der Waals surface area contributed by atoms with E-state index >= 15 is 0 Å². The van der Waals surface area contributed by atoms with Gasteiger partial charge in [0.1, 0.15) is 6.42 Å². The first-order valence-corrected chi connectivity index (χ1v) is 8.98. The van der Waals surface area contributed by atoms with Crippen LogP contribution in [0.4, 0.5) is 5.69 Å². The summed E-state index contributed by atoms with van der Waals surface area (Å²) in [7, 11) is -3.07. The van der Waals surface area contributed by atoms with Gasteiger partial charge in [-0.15, -0.1) is 0 Å². The molecular weight excluding hydrogens is 320 g/mol. The highest BCUT2D eigenvalue weighted by atomic mass is 32.2. The maximum absolute atomic E-state index is 11.8. The monoisotopic (exact) mass is 338 g/mol. The van der Waals surface area contributed by atoms with Crippen LogP contribution in [-0.2, 0) is 19.4 Å². The topological polar surface area (TPSA) is 109 Å². The van der Waals surface area contributed by atoms with Crippen LogP contribution in [0.3, 0.4) is 0 Å². The highest BCUT2D eigenvalue weighted by molar-refractivity contribution is 7.91. The van der Waals surface area contributed by atoms with Gasteiger partial charge in [0.05, 0.1) is 11.5 Å². The second-order valence-corrected chi connectivity index (χ2v) is 7.75. The standard InChI is InChI=1S/C15H18N2O5S/c1-10(18)11-2-4-12(5-3-11)16-14(19)8-15(20)17-13-6-7-23(21,22)9-13/h2-5,13H,6-9H2,1H3,(H,16,19)(H,17,20). The lowest BCUT2D eigenvalue weighted by Crippen LogP contribution is -2.37. The third-order valence-electron chi connectivity index (χ3n) is 3.49. The number of carbonyl (C=O) groups excluding carboxylic acids is 3. The number of hydrogen-bond donors (Lipinski definition) is 2. The molecule has 0 aromatic heterocycles. The van der Waals surface area contributed by atoms with Crippen molar-refractivity contribution in [1.29, 1.82) is 0 Å². The minimum atomic E-state index is -3.07. The Balaban J connectivity index is 1.82. The zero-order valence-electron chi connectivity index (χ0n) is 12.7. The van der Waals surface area contributed by atoms with Crippen molar-refractivity contribution in [3.63, 3.8) is 0 Å². The quantitative estimate of drug-likeness (QED) is 0.601. The summed E-state index contributed by atoms with van der Waals surface area (Å²) in [6.45, 7) is 1.45. The third kappa shape index (κ3) is 5.17. The molecule has 1 aliphatic heterocycles. The number of anilines is 1. The number of sulfone groups is 1. The first kappa shape index (κ1) is 17.1. The van der Waals surface area contributed by atoms with Gasteiger partial charge in [-0.3, -0.25) is 14.4 Å². The minimum Gasteiger partial charge on any atom is -0.352 e. The van der Waals surface area contributed by atoms with Gasteiger partial charge in [0, 0.05) is 17.3 Å². The van der Waals surface area contributed by atoms with Crippen LogP contribution in [-0.4, -0.2) is 43.6 Å². The van der Waals surface area contributed by atoms with Crippen molar-refractivity contribution in [3.05, 3.63) is 29.8 Å². The maximum atomic E-state index is 11.8. The van der Waals surface area contributed by atoms with Gasteiger partial charge in [0.2, 0.25) is 11.8 Å². The van der Waals surface area contributed by atoms with E-state index in [1.54, 1.807) is 24.3 Å². The van der Waals surface area contributed by atoms with Crippen molar-refractivity contribution in [2.24, 2.45) is 0 Å². The van der Waals surface area contributed by atoms with Crippen LogP contribution in [0.1, 0.15) is 30.1 Å². The summed E-state index contributed by atoms with van der Waals surface area (Å²) in [6.07, 6.45) is -0.00674. The van der Waals surface area contributed by atoms with Crippen molar-refractivity contribution in [3.8, 4) is 0 Å². The Labute approximate surface area is 134 Å². The first-order valence-electron chi connectivity index (χ1n) is 7.16. The molecule has 2 amide bonds. The Morgan fingerprint density at radius 1 is 1.13 bits per heavy atom. The molecule has 1 heterocycles. The summed E-state index contributed by atoms with van der Waals surface area (Å²) in [5, 5.41) is 5.10. The number of hydrogen-bond acceptors (Lipinski definition) is 5. The summed E-state index contributed by atoms with van der Waals surface area (Å²) in [6, 6.07) is 5.91. The van der Waals surface area contributed by atoms with Gasteiger partial charge in [0.25, 0.3) is 0 Å². The average molecular weight is 338 g/mol. The summed E-state index contributed by atoms with van der Waals surface area (Å²) >= 11 is 0. The number of rotatable bonds is 5. The van der Waals surface area contributed by atoms with Crippen molar-refractivity contribution >= 4 is 33.1 Å². The molecule has 0 radical (unpaired) electrons. The molecule has 1 unspecified atom stereocenters. The second kappa shape index (κ2) is 6.91. The molecular formula is C15H18N2O5S. The average Bonchev–Trinajstić information content (AvgIpc) is 2.77. The van der Waals surface area contributed by atoms with Crippen molar-refractivity contribution in [1.82, 2.24) is 5.32 Å². The largest absolute Gasteiger partial charge is 0.352 e. The highest BCUT2D eigenvalue weighted by Gasteiger charge is 2.29. The SMILES string of the molecule is CC(=O)c1ccc(NC(=O)CC(=O)NC2CCS(=O)(=O)C2)cc1. The molecule has 124 valence electrons. The Morgan fingerprint density at radius 2 is 1.78 bits per heavy atom. The highest BCUT2D eigenvalue weighted by Crippen LogP contribution is 2.12. The molecule has 1 atom stereocenters. The van der Waals surface area contributed by atoms with Crippen LogP contribution in [0.5, 0.6) is 0 Å². The molecule has 1 saturated heterocycles. The smallest absolute Gasteiger partial charge is 0.233 e. The summed E-state index contributed by atoms with van der Waals surface area (Å²) in [5.74, 6) is -1.10. The molecule has 1 fully saturated rings. The van der Waals surface area contributed by atoms with E-state index in [-0.39, 0.29) is 23.7 Å². The van der Waals surface area contributed by atoms with Crippen molar-refractivity contribution < 1.29 is 22.8 Å². The van der Waals surface area contributed by atoms with Gasteiger partial charge in [0.15, 0.2) is 15.6 Å². The molecule has 0 saturated carbocycles. The zero-order valence-corrected chi connectivity index (χ0v) is 13.5. The number of nitrogens with one attached hydrogen (secondary N) is 2. The lowest BCUT2D eigenvalue weighted by atomic mass is 10.1. The molecule has 0 bridgehead atoms. The van der Waals surface area contributed by atoms with Crippen LogP contribution in [0.25, 0.3) is 0 Å². The van der Waals surface area contributed by atoms with Crippen LogP contribution in [0.2, 0.25) is 0 Å². The van der Waals surface area contributed by atoms with E-state index in [1.807, 2.05) is 0 Å². The molecule has 2 rings (SSSR count). The number of Topliss-reactive ketones (excluding diaryl/α,β-unsaturated/α-hetero) is 1. The zero-order chi connectivity index (χ0) is 17.0. The van der Waals surface area contributed by atoms with Crippen molar-refractivity contribution in [2.75, 3.05) is 16.8 Å². The fraction of sp³-hybridized carbons (Fsp3) is 0.400. The summed E-state index contributed by atoms with van der Waals surface area (Å²) in [5.41, 5.74) is 1.01. The van der Waals surface area contributed by atoms with E-state index in [2.05, 4.69) is 10.6 Å². The number of benzene rings is 1. The van der Waals surface area contributed by atoms with Gasteiger partial charge in [-0.25, -0.2) is 8.42 Å². The fourth-order valence-corrected chi connectivity index (χ4v) is 4.00. The van der Waals surface area contributed by atoms with E-state index in [0.717, 1.165) is 0 Å². The number of carbonyl (C=O) groups is 3. The molecule has 0 spiro atoms. The van der Waals surface area contributed by atoms with E-state index in [4.69, 9.17) is 0 Å². The maximum Gasteiger partial charge on any atom is 0.233 e.